The first-order valence-electron chi connectivity index (χ1n) is 7.81. The van der Waals surface area contributed by atoms with E-state index in [1.807, 2.05) is 30.6 Å². The van der Waals surface area contributed by atoms with Crippen LogP contribution < -0.4 is 4.74 Å². The first kappa shape index (κ1) is 13.2. The topological polar surface area (TPSA) is 52.3 Å². The summed E-state index contributed by atoms with van der Waals surface area (Å²) in [5.41, 5.74) is 2.65. The molecule has 112 valence electrons. The summed E-state index contributed by atoms with van der Waals surface area (Å²) >= 11 is 0. The molecule has 1 aliphatic carbocycles. The number of aromatic nitrogens is 4. The van der Waals surface area contributed by atoms with Gasteiger partial charge in [-0.15, -0.1) is 0 Å². The molecule has 0 bridgehead atoms. The molecule has 0 unspecified atom stereocenters. The van der Waals surface area contributed by atoms with Gasteiger partial charge in [0.05, 0.1) is 24.2 Å². The van der Waals surface area contributed by atoms with Gasteiger partial charge in [-0.25, -0.2) is 9.50 Å². The fraction of sp³-hybridized carbons (Fsp3) is 0.353. The lowest BCUT2D eigenvalue weighted by molar-refractivity contribution is 0.154. The zero-order valence-electron chi connectivity index (χ0n) is 12.4. The summed E-state index contributed by atoms with van der Waals surface area (Å²) in [5, 5.41) is 4.20. The van der Waals surface area contributed by atoms with Crippen molar-refractivity contribution in [2.24, 2.45) is 0 Å². The maximum Gasteiger partial charge on any atom is 0.154 e. The molecule has 0 aromatic carbocycles. The molecule has 5 heteroatoms. The minimum atomic E-state index is 0.350. The lowest BCUT2D eigenvalue weighted by Crippen LogP contribution is -2.19. The van der Waals surface area contributed by atoms with E-state index in [9.17, 15) is 0 Å². The highest BCUT2D eigenvalue weighted by atomic mass is 16.5. The highest BCUT2D eigenvalue weighted by Gasteiger charge is 2.15. The highest BCUT2D eigenvalue weighted by molar-refractivity contribution is 5.58. The van der Waals surface area contributed by atoms with Gasteiger partial charge in [0.2, 0.25) is 0 Å². The van der Waals surface area contributed by atoms with Gasteiger partial charge in [-0.05, 0) is 37.8 Å². The smallest absolute Gasteiger partial charge is 0.154 e. The second-order valence-corrected chi connectivity index (χ2v) is 5.73. The van der Waals surface area contributed by atoms with Crippen LogP contribution in [-0.4, -0.2) is 25.7 Å². The van der Waals surface area contributed by atoms with Crippen molar-refractivity contribution in [3.63, 3.8) is 0 Å². The van der Waals surface area contributed by atoms with Gasteiger partial charge in [-0.2, -0.15) is 5.10 Å². The fourth-order valence-electron chi connectivity index (χ4n) is 2.94. The third kappa shape index (κ3) is 2.66. The van der Waals surface area contributed by atoms with Gasteiger partial charge in [0.15, 0.2) is 5.65 Å². The van der Waals surface area contributed by atoms with Gasteiger partial charge in [-0.1, -0.05) is 6.42 Å². The monoisotopic (exact) mass is 294 g/mol. The van der Waals surface area contributed by atoms with E-state index in [1.54, 1.807) is 16.9 Å². The van der Waals surface area contributed by atoms with E-state index in [2.05, 4.69) is 15.1 Å². The summed E-state index contributed by atoms with van der Waals surface area (Å²) in [7, 11) is 0. The number of hydrogen-bond acceptors (Lipinski definition) is 4. The number of ether oxygens (including phenoxy) is 1. The van der Waals surface area contributed by atoms with Crippen LogP contribution in [0.25, 0.3) is 16.9 Å². The number of pyridine rings is 1. The Balaban J connectivity index is 1.53. The number of nitrogens with zero attached hydrogens (tertiary/aromatic N) is 4. The van der Waals surface area contributed by atoms with E-state index in [1.165, 1.54) is 19.3 Å². The van der Waals surface area contributed by atoms with Crippen LogP contribution in [0.15, 0.2) is 43.0 Å². The van der Waals surface area contributed by atoms with Crippen molar-refractivity contribution in [3.05, 3.63) is 43.0 Å². The van der Waals surface area contributed by atoms with Crippen molar-refractivity contribution < 1.29 is 4.74 Å². The second kappa shape index (κ2) is 5.75. The number of hydrogen-bond donors (Lipinski definition) is 0. The Hall–Kier alpha value is -2.43. The molecule has 0 saturated heterocycles. The zero-order chi connectivity index (χ0) is 14.8. The van der Waals surface area contributed by atoms with Crippen molar-refractivity contribution >= 4 is 5.65 Å². The minimum Gasteiger partial charge on any atom is -0.489 e. The Kier molecular flexibility index (Phi) is 3.46. The predicted octanol–water partition coefficient (Wildman–Crippen LogP) is 3.50. The predicted molar refractivity (Wildman–Crippen MR) is 83.7 cm³/mol. The molecule has 0 amide bonds. The molecule has 22 heavy (non-hydrogen) atoms. The normalized spacial score (nSPS) is 16.0. The third-order valence-corrected chi connectivity index (χ3v) is 4.13. The minimum absolute atomic E-state index is 0.350. The van der Waals surface area contributed by atoms with Gasteiger partial charge in [0.25, 0.3) is 0 Å². The van der Waals surface area contributed by atoms with E-state index in [-0.39, 0.29) is 0 Å². The van der Waals surface area contributed by atoms with Crippen molar-refractivity contribution in [3.8, 4) is 17.0 Å². The molecule has 1 aliphatic rings. The molecule has 0 N–H and O–H groups in total. The van der Waals surface area contributed by atoms with Crippen LogP contribution in [0.1, 0.15) is 32.1 Å². The first-order valence-corrected chi connectivity index (χ1v) is 7.81. The van der Waals surface area contributed by atoms with Gasteiger partial charge < -0.3 is 4.74 Å². The molecule has 1 saturated carbocycles. The van der Waals surface area contributed by atoms with Gasteiger partial charge in [0, 0.05) is 24.0 Å². The van der Waals surface area contributed by atoms with Crippen LogP contribution in [0.4, 0.5) is 0 Å². The molecular formula is C17H18N4O. The molecule has 5 nitrogen and oxygen atoms in total. The number of fused-ring (bicyclic) bond motifs is 1. The third-order valence-electron chi connectivity index (χ3n) is 4.13. The van der Waals surface area contributed by atoms with E-state index in [0.29, 0.717) is 6.10 Å². The molecule has 0 atom stereocenters. The Morgan fingerprint density at radius 2 is 1.91 bits per heavy atom. The summed E-state index contributed by atoms with van der Waals surface area (Å²) < 4.78 is 7.76. The maximum absolute atomic E-state index is 6.01. The molecule has 1 fully saturated rings. The van der Waals surface area contributed by atoms with Crippen LogP contribution in [0.5, 0.6) is 5.75 Å². The van der Waals surface area contributed by atoms with Crippen molar-refractivity contribution in [1.82, 2.24) is 19.6 Å². The van der Waals surface area contributed by atoms with E-state index < -0.39 is 0 Å². The molecule has 0 spiro atoms. The Morgan fingerprint density at radius 3 is 2.73 bits per heavy atom. The highest BCUT2D eigenvalue weighted by Crippen LogP contribution is 2.24. The van der Waals surface area contributed by atoms with Gasteiger partial charge >= 0.3 is 0 Å². The van der Waals surface area contributed by atoms with E-state index >= 15 is 0 Å². The van der Waals surface area contributed by atoms with Crippen LogP contribution in [0, 0.1) is 0 Å². The Bertz CT molecular complexity index is 760. The largest absolute Gasteiger partial charge is 0.489 e. The van der Waals surface area contributed by atoms with Crippen molar-refractivity contribution in [2.45, 2.75) is 38.2 Å². The summed E-state index contributed by atoms with van der Waals surface area (Å²) in [4.78, 5) is 8.86. The van der Waals surface area contributed by atoms with Crippen LogP contribution in [-0.2, 0) is 0 Å². The van der Waals surface area contributed by atoms with Gasteiger partial charge in [0.1, 0.15) is 5.75 Å². The molecule has 0 radical (unpaired) electrons. The van der Waals surface area contributed by atoms with Crippen LogP contribution in [0.2, 0.25) is 0 Å². The fourth-order valence-corrected chi connectivity index (χ4v) is 2.94. The zero-order valence-corrected chi connectivity index (χ0v) is 12.4. The standard InChI is InChI=1S/C17H18N4O/c1-2-4-14(5-3-1)22-15-6-7-16(18-11-15)13-10-19-17-8-9-20-21(17)12-13/h6-12,14H,1-5H2. The summed E-state index contributed by atoms with van der Waals surface area (Å²) in [6.07, 6.45) is 13.8. The first-order chi connectivity index (χ1) is 10.9. The molecule has 3 aromatic heterocycles. The Morgan fingerprint density at radius 1 is 1.00 bits per heavy atom. The second-order valence-electron chi connectivity index (χ2n) is 5.73. The quantitative estimate of drug-likeness (QED) is 0.742. The average molecular weight is 294 g/mol. The van der Waals surface area contributed by atoms with Crippen molar-refractivity contribution in [1.29, 1.82) is 0 Å². The summed E-state index contributed by atoms with van der Waals surface area (Å²) in [6.45, 7) is 0. The number of rotatable bonds is 3. The molecular weight excluding hydrogens is 276 g/mol. The summed E-state index contributed by atoms with van der Waals surface area (Å²) in [5.74, 6) is 0.851. The van der Waals surface area contributed by atoms with Crippen LogP contribution in [0.3, 0.4) is 0 Å². The van der Waals surface area contributed by atoms with Gasteiger partial charge in [-0.3, -0.25) is 4.98 Å². The van der Waals surface area contributed by atoms with E-state index in [4.69, 9.17) is 4.74 Å². The lowest BCUT2D eigenvalue weighted by atomic mass is 9.98. The molecule has 3 heterocycles. The van der Waals surface area contributed by atoms with E-state index in [0.717, 1.165) is 35.5 Å². The Labute approximate surface area is 129 Å². The van der Waals surface area contributed by atoms with Crippen molar-refractivity contribution in [2.75, 3.05) is 0 Å². The average Bonchev–Trinajstić information content (AvgIpc) is 3.04. The molecule has 4 rings (SSSR count). The maximum atomic E-state index is 6.01. The van der Waals surface area contributed by atoms with Crippen LogP contribution >= 0.6 is 0 Å². The molecule has 0 aliphatic heterocycles. The molecule has 3 aromatic rings. The lowest BCUT2D eigenvalue weighted by Gasteiger charge is -2.22. The SMILES string of the molecule is c1cc2ncc(-c3ccc(OC4CCCCC4)cn3)cn2n1. The summed E-state index contributed by atoms with van der Waals surface area (Å²) in [6, 6.07) is 5.84.